The van der Waals surface area contributed by atoms with Gasteiger partial charge in [-0.15, -0.1) is 0 Å². The van der Waals surface area contributed by atoms with Crippen LogP contribution in [0.4, 0.5) is 23.7 Å². The SMILES string of the molecule is CCOC(=O)C1=C(CBr)N(c2cccc(C(F)(F)F)c2)C(=O)N(CC(=O)OC(C)(C)C)[C@@H]1c1ccc(C#N)cc1. The van der Waals surface area contributed by atoms with Crippen LogP contribution >= 0.6 is 15.9 Å². The fourth-order valence-electron chi connectivity index (χ4n) is 4.20. The third-order valence-electron chi connectivity index (χ3n) is 5.73. The van der Waals surface area contributed by atoms with Crippen molar-refractivity contribution in [2.75, 3.05) is 23.4 Å². The summed E-state index contributed by atoms with van der Waals surface area (Å²) in [7, 11) is 0. The van der Waals surface area contributed by atoms with E-state index < -0.39 is 47.9 Å². The van der Waals surface area contributed by atoms with Gasteiger partial charge in [-0.1, -0.05) is 34.1 Å². The molecule has 1 aliphatic rings. The molecular weight excluding hydrogens is 595 g/mol. The topological polar surface area (TPSA) is 99.9 Å². The summed E-state index contributed by atoms with van der Waals surface area (Å²) in [6.07, 6.45) is -4.70. The molecule has 0 N–H and O–H groups in total. The second kappa shape index (κ2) is 12.1. The molecule has 1 atom stereocenters. The van der Waals surface area contributed by atoms with Crippen molar-refractivity contribution in [1.29, 1.82) is 5.26 Å². The van der Waals surface area contributed by atoms with Crippen LogP contribution in [-0.2, 0) is 25.2 Å². The standard InChI is InChI=1S/C28H27BrF3N3O5/c1-5-39-25(37)23-21(14-29)35(20-8-6-7-19(13-20)28(30,31)32)26(38)34(16-22(36)40-27(2,3)4)24(23)18-11-9-17(15-33)10-12-18/h6-13,24H,5,14,16H2,1-4H3/t24-/m1/s1. The molecule has 1 aliphatic heterocycles. The molecule has 0 aliphatic carbocycles. The van der Waals surface area contributed by atoms with Gasteiger partial charge in [0.2, 0.25) is 0 Å². The summed E-state index contributed by atoms with van der Waals surface area (Å²) < 4.78 is 51.5. The summed E-state index contributed by atoms with van der Waals surface area (Å²) in [5.41, 5.74) is -1.40. The van der Waals surface area contributed by atoms with Gasteiger partial charge in [-0.05, 0) is 63.6 Å². The van der Waals surface area contributed by atoms with Gasteiger partial charge in [-0.2, -0.15) is 18.4 Å². The minimum atomic E-state index is -4.70. The number of carbonyl (C=O) groups excluding carboxylic acids is 3. The van der Waals surface area contributed by atoms with Gasteiger partial charge in [-0.25, -0.2) is 9.59 Å². The van der Waals surface area contributed by atoms with Crippen molar-refractivity contribution in [1.82, 2.24) is 4.90 Å². The molecule has 8 nitrogen and oxygen atoms in total. The Labute approximate surface area is 238 Å². The predicted octanol–water partition coefficient (Wildman–Crippen LogP) is 6.11. The summed E-state index contributed by atoms with van der Waals surface area (Å²) in [6.45, 7) is 5.85. The number of ether oxygens (including phenoxy) is 2. The number of allylic oxidation sites excluding steroid dienone is 1. The van der Waals surface area contributed by atoms with Gasteiger partial charge in [0.1, 0.15) is 12.1 Å². The van der Waals surface area contributed by atoms with Gasteiger partial charge in [0.25, 0.3) is 0 Å². The summed E-state index contributed by atoms with van der Waals surface area (Å²) in [4.78, 5) is 42.5. The first-order valence-corrected chi connectivity index (χ1v) is 13.3. The molecule has 2 amide bonds. The smallest absolute Gasteiger partial charge is 0.416 e. The van der Waals surface area contributed by atoms with Crippen LogP contribution < -0.4 is 4.90 Å². The number of nitrogens with zero attached hydrogens (tertiary/aromatic N) is 3. The average Bonchev–Trinajstić information content (AvgIpc) is 2.88. The van der Waals surface area contributed by atoms with E-state index in [2.05, 4.69) is 15.9 Å². The van der Waals surface area contributed by atoms with Crippen LogP contribution in [0.3, 0.4) is 0 Å². The number of urea groups is 1. The highest BCUT2D eigenvalue weighted by Gasteiger charge is 2.45. The zero-order valence-electron chi connectivity index (χ0n) is 22.2. The fourth-order valence-corrected chi connectivity index (χ4v) is 4.76. The zero-order chi connectivity index (χ0) is 29.8. The lowest BCUT2D eigenvalue weighted by Crippen LogP contribution is -2.53. The summed E-state index contributed by atoms with van der Waals surface area (Å²) in [5, 5.41) is 9.12. The quantitative estimate of drug-likeness (QED) is 0.273. The van der Waals surface area contributed by atoms with Crippen LogP contribution in [0.2, 0.25) is 0 Å². The van der Waals surface area contributed by atoms with Crippen molar-refractivity contribution in [3.05, 3.63) is 76.5 Å². The number of rotatable bonds is 7. The molecule has 1 heterocycles. The number of nitriles is 1. The highest BCUT2D eigenvalue weighted by Crippen LogP contribution is 2.42. The van der Waals surface area contributed by atoms with Crippen LogP contribution in [0.15, 0.2) is 59.8 Å². The molecule has 3 rings (SSSR count). The first-order valence-electron chi connectivity index (χ1n) is 12.2. The van der Waals surface area contributed by atoms with E-state index in [1.807, 2.05) is 6.07 Å². The Hall–Kier alpha value is -3.85. The Morgan fingerprint density at radius 1 is 1.10 bits per heavy atom. The molecular formula is C28H27BrF3N3O5. The van der Waals surface area contributed by atoms with Crippen LogP contribution in [0, 0.1) is 11.3 Å². The van der Waals surface area contributed by atoms with Crippen molar-refractivity contribution >= 4 is 39.6 Å². The van der Waals surface area contributed by atoms with Gasteiger partial charge < -0.3 is 14.4 Å². The maximum Gasteiger partial charge on any atom is 0.416 e. The van der Waals surface area contributed by atoms with E-state index >= 15 is 0 Å². The van der Waals surface area contributed by atoms with Crippen molar-refractivity contribution in [3.63, 3.8) is 0 Å². The van der Waals surface area contributed by atoms with E-state index in [4.69, 9.17) is 9.47 Å². The Balaban J connectivity index is 2.32. The van der Waals surface area contributed by atoms with Crippen LogP contribution in [0.25, 0.3) is 0 Å². The van der Waals surface area contributed by atoms with Gasteiger partial charge in [-0.3, -0.25) is 9.69 Å². The number of hydrogen-bond donors (Lipinski definition) is 0. The van der Waals surface area contributed by atoms with Crippen molar-refractivity contribution in [2.45, 2.75) is 45.5 Å². The molecule has 2 aromatic rings. The monoisotopic (exact) mass is 621 g/mol. The molecule has 0 unspecified atom stereocenters. The molecule has 0 fully saturated rings. The molecule has 0 saturated heterocycles. The van der Waals surface area contributed by atoms with Crippen LogP contribution in [0.5, 0.6) is 0 Å². The number of esters is 2. The first-order chi connectivity index (χ1) is 18.7. The maximum absolute atomic E-state index is 14.1. The fraction of sp³-hybridized carbons (Fsp3) is 0.357. The van der Waals surface area contributed by atoms with Crippen LogP contribution in [0.1, 0.15) is 50.4 Å². The summed E-state index contributed by atoms with van der Waals surface area (Å²) >= 11 is 3.29. The van der Waals surface area contributed by atoms with E-state index in [1.54, 1.807) is 27.7 Å². The zero-order valence-corrected chi connectivity index (χ0v) is 23.8. The second-order valence-electron chi connectivity index (χ2n) is 9.73. The van der Waals surface area contributed by atoms with Crippen molar-refractivity contribution in [2.24, 2.45) is 0 Å². The van der Waals surface area contributed by atoms with E-state index in [-0.39, 0.29) is 28.9 Å². The lowest BCUT2D eigenvalue weighted by Gasteiger charge is -2.43. The Kier molecular flexibility index (Phi) is 9.30. The normalized spacial score (nSPS) is 16.1. The van der Waals surface area contributed by atoms with E-state index in [0.29, 0.717) is 11.1 Å². The number of benzene rings is 2. The molecule has 0 radical (unpaired) electrons. The summed E-state index contributed by atoms with van der Waals surface area (Å²) in [6, 6.07) is 10.1. The maximum atomic E-state index is 14.1. The Morgan fingerprint density at radius 3 is 2.27 bits per heavy atom. The minimum Gasteiger partial charge on any atom is -0.463 e. The highest BCUT2D eigenvalue weighted by atomic mass is 79.9. The largest absolute Gasteiger partial charge is 0.463 e. The van der Waals surface area contributed by atoms with E-state index in [0.717, 1.165) is 28.0 Å². The lowest BCUT2D eigenvalue weighted by molar-refractivity contribution is -0.156. The van der Waals surface area contributed by atoms with Gasteiger partial charge in [0.15, 0.2) is 0 Å². The van der Waals surface area contributed by atoms with Gasteiger partial charge >= 0.3 is 24.1 Å². The molecule has 0 aromatic heterocycles. The summed E-state index contributed by atoms with van der Waals surface area (Å²) in [5.74, 6) is -1.63. The van der Waals surface area contributed by atoms with Crippen molar-refractivity contribution in [3.8, 4) is 6.07 Å². The third kappa shape index (κ3) is 6.83. The predicted molar refractivity (Wildman–Crippen MR) is 143 cm³/mol. The highest BCUT2D eigenvalue weighted by molar-refractivity contribution is 9.09. The number of carbonyl (C=O) groups is 3. The molecule has 40 heavy (non-hydrogen) atoms. The molecule has 212 valence electrons. The van der Waals surface area contributed by atoms with Gasteiger partial charge in [0, 0.05) is 5.33 Å². The number of amides is 2. The number of anilines is 1. The van der Waals surface area contributed by atoms with Gasteiger partial charge in [0.05, 0.1) is 46.8 Å². The molecule has 0 saturated carbocycles. The average molecular weight is 622 g/mol. The molecule has 0 bridgehead atoms. The first kappa shape index (κ1) is 30.7. The second-order valence-corrected chi connectivity index (χ2v) is 10.3. The molecule has 2 aromatic carbocycles. The Bertz CT molecular complexity index is 1360. The number of alkyl halides is 4. The number of halogens is 4. The lowest BCUT2D eigenvalue weighted by atomic mass is 9.92. The molecule has 0 spiro atoms. The minimum absolute atomic E-state index is 0.0262. The number of hydrogen-bond acceptors (Lipinski definition) is 6. The van der Waals surface area contributed by atoms with Crippen LogP contribution in [-0.4, -0.2) is 47.0 Å². The van der Waals surface area contributed by atoms with Crippen molar-refractivity contribution < 1.29 is 37.0 Å². The molecule has 12 heteroatoms. The van der Waals surface area contributed by atoms with E-state index in [9.17, 15) is 32.8 Å². The van der Waals surface area contributed by atoms with E-state index in [1.165, 1.54) is 30.3 Å². The Morgan fingerprint density at radius 2 is 1.75 bits per heavy atom. The third-order valence-corrected chi connectivity index (χ3v) is 6.26.